The zero-order valence-corrected chi connectivity index (χ0v) is 13.3. The zero-order chi connectivity index (χ0) is 15.8. The highest BCUT2D eigenvalue weighted by molar-refractivity contribution is 5.85. The Bertz CT molecular complexity index is 416. The van der Waals surface area contributed by atoms with Crippen LogP contribution in [0.15, 0.2) is 0 Å². The van der Waals surface area contributed by atoms with Gasteiger partial charge in [-0.3, -0.25) is 4.79 Å². The van der Waals surface area contributed by atoms with Crippen molar-refractivity contribution in [2.75, 3.05) is 0 Å². The van der Waals surface area contributed by atoms with Gasteiger partial charge < -0.3 is 15.7 Å². The number of carbonyl (C=O) groups excluding carboxylic acids is 1. The number of hydrogen-bond donors (Lipinski definition) is 2. The SMILES string of the molecule is CC(C)(C)C(N)CC(=O)N1C(C(=O)O)CC2CCCCC21. The molecule has 3 N–H and O–H groups in total. The molecule has 5 nitrogen and oxygen atoms in total. The molecule has 21 heavy (non-hydrogen) atoms. The second-order valence-corrected chi connectivity index (χ2v) is 7.68. The first-order valence-corrected chi connectivity index (χ1v) is 8.01. The Morgan fingerprint density at radius 3 is 2.48 bits per heavy atom. The molecule has 0 spiro atoms. The zero-order valence-electron chi connectivity index (χ0n) is 13.3. The summed E-state index contributed by atoms with van der Waals surface area (Å²) in [5, 5.41) is 9.45. The normalized spacial score (nSPS) is 30.9. The minimum atomic E-state index is -0.873. The first-order chi connectivity index (χ1) is 9.71. The van der Waals surface area contributed by atoms with Gasteiger partial charge in [-0.1, -0.05) is 33.6 Å². The van der Waals surface area contributed by atoms with E-state index in [-0.39, 0.29) is 29.8 Å². The van der Waals surface area contributed by atoms with Crippen LogP contribution in [0, 0.1) is 11.3 Å². The summed E-state index contributed by atoms with van der Waals surface area (Å²) in [4.78, 5) is 25.8. The van der Waals surface area contributed by atoms with Crippen LogP contribution in [0.1, 0.15) is 59.3 Å². The fourth-order valence-electron chi connectivity index (χ4n) is 3.64. The molecule has 0 radical (unpaired) electrons. The first kappa shape index (κ1) is 16.3. The standard InChI is InChI=1S/C16H28N2O3/c1-16(2,3)13(17)9-14(19)18-11-7-5-4-6-10(11)8-12(18)15(20)21/h10-13H,4-9,17H2,1-3H3,(H,20,21). The number of hydrogen-bond acceptors (Lipinski definition) is 3. The average molecular weight is 296 g/mol. The highest BCUT2D eigenvalue weighted by Crippen LogP contribution is 2.40. The van der Waals surface area contributed by atoms with E-state index in [1.165, 1.54) is 0 Å². The van der Waals surface area contributed by atoms with Gasteiger partial charge in [-0.2, -0.15) is 0 Å². The minimum Gasteiger partial charge on any atom is -0.480 e. The van der Waals surface area contributed by atoms with Crippen molar-refractivity contribution in [3.05, 3.63) is 0 Å². The van der Waals surface area contributed by atoms with Crippen LogP contribution in [0.2, 0.25) is 0 Å². The topological polar surface area (TPSA) is 83.6 Å². The van der Waals surface area contributed by atoms with Gasteiger partial charge in [-0.25, -0.2) is 4.79 Å². The van der Waals surface area contributed by atoms with Crippen LogP contribution in [-0.2, 0) is 9.59 Å². The Morgan fingerprint density at radius 2 is 1.90 bits per heavy atom. The van der Waals surface area contributed by atoms with Crippen LogP contribution in [-0.4, -0.2) is 40.0 Å². The molecule has 5 heteroatoms. The van der Waals surface area contributed by atoms with Crippen molar-refractivity contribution in [3.63, 3.8) is 0 Å². The Balaban J connectivity index is 2.13. The lowest BCUT2D eigenvalue weighted by Crippen LogP contribution is -2.49. The van der Waals surface area contributed by atoms with Crippen LogP contribution >= 0.6 is 0 Å². The fourth-order valence-corrected chi connectivity index (χ4v) is 3.64. The summed E-state index contributed by atoms with van der Waals surface area (Å²) in [6, 6.07) is -0.792. The minimum absolute atomic E-state index is 0.0841. The molecule has 1 aliphatic heterocycles. The van der Waals surface area contributed by atoms with Crippen molar-refractivity contribution in [3.8, 4) is 0 Å². The molecule has 1 heterocycles. The van der Waals surface area contributed by atoms with Gasteiger partial charge in [0.2, 0.25) is 5.91 Å². The van der Waals surface area contributed by atoms with E-state index >= 15 is 0 Å². The van der Waals surface area contributed by atoms with Gasteiger partial charge in [0.25, 0.3) is 0 Å². The predicted octanol–water partition coefficient (Wildman–Crippen LogP) is 1.99. The lowest BCUT2D eigenvalue weighted by molar-refractivity contribution is -0.150. The molecule has 1 aliphatic carbocycles. The molecule has 4 unspecified atom stereocenters. The lowest BCUT2D eigenvalue weighted by atomic mass is 9.84. The molecule has 1 amide bonds. The summed E-state index contributed by atoms with van der Waals surface area (Å²) < 4.78 is 0. The monoisotopic (exact) mass is 296 g/mol. The van der Waals surface area contributed by atoms with Gasteiger partial charge in [0.05, 0.1) is 0 Å². The Morgan fingerprint density at radius 1 is 1.29 bits per heavy atom. The molecule has 0 bridgehead atoms. The molecular weight excluding hydrogens is 268 g/mol. The van der Waals surface area contributed by atoms with Crippen LogP contribution in [0.3, 0.4) is 0 Å². The summed E-state index contributed by atoms with van der Waals surface area (Å²) in [5.74, 6) is -0.601. The maximum atomic E-state index is 12.7. The Labute approximate surface area is 126 Å². The van der Waals surface area contributed by atoms with Crippen LogP contribution in [0.5, 0.6) is 0 Å². The number of carboxylic acids is 1. The highest BCUT2D eigenvalue weighted by atomic mass is 16.4. The number of carboxylic acid groups (broad SMARTS) is 1. The molecule has 1 saturated carbocycles. The summed E-state index contributed by atoms with van der Waals surface area (Å²) in [7, 11) is 0. The number of rotatable bonds is 3. The molecule has 2 fully saturated rings. The second-order valence-electron chi connectivity index (χ2n) is 7.68. The number of fused-ring (bicyclic) bond motifs is 1. The Hall–Kier alpha value is -1.10. The Kier molecular flexibility index (Phi) is 4.61. The number of amides is 1. The highest BCUT2D eigenvalue weighted by Gasteiger charge is 2.47. The van der Waals surface area contributed by atoms with E-state index in [1.807, 2.05) is 20.8 Å². The van der Waals surface area contributed by atoms with Gasteiger partial charge in [-0.05, 0) is 30.6 Å². The van der Waals surface area contributed by atoms with Gasteiger partial charge >= 0.3 is 5.97 Å². The van der Waals surface area contributed by atoms with E-state index in [0.29, 0.717) is 12.3 Å². The van der Waals surface area contributed by atoms with Gasteiger partial charge in [0.1, 0.15) is 6.04 Å². The van der Waals surface area contributed by atoms with Crippen molar-refractivity contribution >= 4 is 11.9 Å². The quantitative estimate of drug-likeness (QED) is 0.834. The second kappa shape index (κ2) is 5.95. The molecule has 2 aliphatic rings. The molecule has 0 aromatic carbocycles. The van der Waals surface area contributed by atoms with E-state index in [2.05, 4.69) is 0 Å². The smallest absolute Gasteiger partial charge is 0.326 e. The van der Waals surface area contributed by atoms with Crippen molar-refractivity contribution in [2.45, 2.75) is 77.4 Å². The number of nitrogens with two attached hydrogens (primary N) is 1. The molecular formula is C16H28N2O3. The molecule has 1 saturated heterocycles. The largest absolute Gasteiger partial charge is 0.480 e. The number of aliphatic carboxylic acids is 1. The summed E-state index contributed by atoms with van der Waals surface area (Å²) in [6.45, 7) is 6.02. The lowest BCUT2D eigenvalue weighted by Gasteiger charge is -2.35. The first-order valence-electron chi connectivity index (χ1n) is 8.01. The van der Waals surface area contributed by atoms with Crippen LogP contribution in [0.25, 0.3) is 0 Å². The van der Waals surface area contributed by atoms with Crippen molar-refractivity contribution < 1.29 is 14.7 Å². The molecule has 2 rings (SSSR count). The van der Waals surface area contributed by atoms with Crippen LogP contribution < -0.4 is 5.73 Å². The molecule has 4 atom stereocenters. The fraction of sp³-hybridized carbons (Fsp3) is 0.875. The third-order valence-corrected chi connectivity index (χ3v) is 5.17. The van der Waals surface area contributed by atoms with Gasteiger partial charge in [-0.15, -0.1) is 0 Å². The van der Waals surface area contributed by atoms with E-state index in [1.54, 1.807) is 4.90 Å². The number of likely N-dealkylation sites (tertiary alicyclic amines) is 1. The van der Waals surface area contributed by atoms with E-state index in [0.717, 1.165) is 25.7 Å². The van der Waals surface area contributed by atoms with Crippen molar-refractivity contribution in [2.24, 2.45) is 17.1 Å². The maximum absolute atomic E-state index is 12.7. The molecule has 0 aromatic rings. The van der Waals surface area contributed by atoms with Gasteiger partial charge in [0.15, 0.2) is 0 Å². The predicted molar refractivity (Wildman–Crippen MR) is 80.7 cm³/mol. The number of nitrogens with zero attached hydrogens (tertiary/aromatic N) is 1. The van der Waals surface area contributed by atoms with E-state index in [9.17, 15) is 14.7 Å². The van der Waals surface area contributed by atoms with Crippen LogP contribution in [0.4, 0.5) is 0 Å². The van der Waals surface area contributed by atoms with Crippen molar-refractivity contribution in [1.29, 1.82) is 0 Å². The average Bonchev–Trinajstić information content (AvgIpc) is 2.76. The summed E-state index contributed by atoms with van der Waals surface area (Å²) in [6.07, 6.45) is 5.06. The van der Waals surface area contributed by atoms with Gasteiger partial charge in [0, 0.05) is 18.5 Å². The summed E-state index contributed by atoms with van der Waals surface area (Å²) >= 11 is 0. The van der Waals surface area contributed by atoms with E-state index < -0.39 is 12.0 Å². The molecule has 0 aromatic heterocycles. The third kappa shape index (κ3) is 3.39. The number of carbonyl (C=O) groups is 2. The third-order valence-electron chi connectivity index (χ3n) is 5.17. The molecule has 120 valence electrons. The summed E-state index contributed by atoms with van der Waals surface area (Å²) in [5.41, 5.74) is 5.96. The van der Waals surface area contributed by atoms with E-state index in [4.69, 9.17) is 5.73 Å². The van der Waals surface area contributed by atoms with Crippen molar-refractivity contribution in [1.82, 2.24) is 4.90 Å². The maximum Gasteiger partial charge on any atom is 0.326 e.